The standard InChI is InChI=1S/C39H66N2O7/c1-25(2)8-6-9-26(3)30-13-14-31-29-12-11-27-24-28(15-20-37(27,4)32(29)16-21-38(30,31)5)40-36(48)41-39(22-17-34(44)45,23-18-35(46)47)19-7-10-33(42)43/h25-32H,6-24H2,1-5H3,(H,42,43)(H,44,45)(H,46,47)(H2,40,41,48)/t26-,27+,28-,29+,30-,31+,32+,37+,38-/m1/s1. The number of fused-ring (bicyclic) bond motifs is 5. The third kappa shape index (κ3) is 9.07. The Balaban J connectivity index is 1.38. The van der Waals surface area contributed by atoms with Crippen molar-refractivity contribution in [3.8, 4) is 0 Å². The highest BCUT2D eigenvalue weighted by atomic mass is 16.4. The summed E-state index contributed by atoms with van der Waals surface area (Å²) in [5.41, 5.74) is -0.350. The monoisotopic (exact) mass is 674 g/mol. The van der Waals surface area contributed by atoms with E-state index in [9.17, 15) is 34.5 Å². The number of hydrogen-bond acceptors (Lipinski definition) is 4. The van der Waals surface area contributed by atoms with Crippen LogP contribution in [-0.2, 0) is 14.4 Å². The Hall–Kier alpha value is -2.32. The first-order valence-electron chi connectivity index (χ1n) is 19.3. The lowest BCUT2D eigenvalue weighted by Crippen LogP contribution is -2.58. The van der Waals surface area contributed by atoms with Gasteiger partial charge in [0, 0.05) is 30.8 Å². The Morgan fingerprint density at radius 3 is 1.98 bits per heavy atom. The van der Waals surface area contributed by atoms with E-state index in [0.717, 1.165) is 54.8 Å². The molecule has 0 heterocycles. The molecular weight excluding hydrogens is 608 g/mol. The molecule has 4 rings (SSSR count). The smallest absolute Gasteiger partial charge is 0.315 e. The molecule has 0 radical (unpaired) electrons. The van der Waals surface area contributed by atoms with Gasteiger partial charge in [0.2, 0.25) is 0 Å². The fraction of sp³-hybridized carbons (Fsp3) is 0.897. The maximum absolute atomic E-state index is 13.5. The topological polar surface area (TPSA) is 153 Å². The first kappa shape index (κ1) is 38.5. The van der Waals surface area contributed by atoms with Gasteiger partial charge in [0.15, 0.2) is 0 Å². The number of hydrogen-bond donors (Lipinski definition) is 5. The molecule has 0 aromatic carbocycles. The van der Waals surface area contributed by atoms with Gasteiger partial charge in [-0.15, -0.1) is 0 Å². The van der Waals surface area contributed by atoms with E-state index in [1.165, 1.54) is 57.8 Å². The van der Waals surface area contributed by atoms with Gasteiger partial charge in [-0.25, -0.2) is 4.79 Å². The van der Waals surface area contributed by atoms with Crippen molar-refractivity contribution in [2.24, 2.45) is 52.3 Å². The van der Waals surface area contributed by atoms with Gasteiger partial charge >= 0.3 is 23.9 Å². The van der Waals surface area contributed by atoms with Crippen LogP contribution >= 0.6 is 0 Å². The van der Waals surface area contributed by atoms with Crippen LogP contribution in [0.3, 0.4) is 0 Å². The van der Waals surface area contributed by atoms with Gasteiger partial charge in [0.25, 0.3) is 0 Å². The molecule has 0 bridgehead atoms. The third-order valence-corrected chi connectivity index (χ3v) is 14.3. The Kier molecular flexibility index (Phi) is 12.9. The molecule has 4 aliphatic rings. The van der Waals surface area contributed by atoms with Gasteiger partial charge < -0.3 is 26.0 Å². The molecule has 9 nitrogen and oxygen atoms in total. The second kappa shape index (κ2) is 16.1. The van der Waals surface area contributed by atoms with Crippen molar-refractivity contribution in [2.75, 3.05) is 0 Å². The summed E-state index contributed by atoms with van der Waals surface area (Å²) in [6.07, 6.45) is 14.8. The van der Waals surface area contributed by atoms with Gasteiger partial charge in [-0.1, -0.05) is 53.9 Å². The minimum absolute atomic E-state index is 0.00620. The number of carboxylic acids is 3. The molecule has 274 valence electrons. The molecule has 0 saturated heterocycles. The number of urea groups is 1. The Morgan fingerprint density at radius 1 is 0.729 bits per heavy atom. The van der Waals surface area contributed by atoms with Crippen LogP contribution < -0.4 is 10.6 Å². The lowest BCUT2D eigenvalue weighted by Gasteiger charge is -2.61. The minimum atomic E-state index is -1.10. The van der Waals surface area contributed by atoms with Gasteiger partial charge in [-0.2, -0.15) is 0 Å². The SMILES string of the molecule is CC(C)CCC[C@@H](C)[C@H]1CC[C@H]2[C@@H]3CC[C@H]4C[C@H](NC(=O)NC(CCCC(=O)O)(CCC(=O)O)CCC(=O)O)CC[C@]4(C)[C@H]3CC[C@]12C. The number of carbonyl (C=O) groups is 4. The first-order valence-corrected chi connectivity index (χ1v) is 19.3. The summed E-state index contributed by atoms with van der Waals surface area (Å²) < 4.78 is 0. The lowest BCUT2D eigenvalue weighted by atomic mass is 9.44. The highest BCUT2D eigenvalue weighted by molar-refractivity contribution is 5.76. The molecule has 0 aromatic heterocycles. The minimum Gasteiger partial charge on any atom is -0.481 e. The molecule has 9 heteroatoms. The van der Waals surface area contributed by atoms with Crippen molar-refractivity contribution < 1.29 is 34.5 Å². The largest absolute Gasteiger partial charge is 0.481 e. The molecule has 2 amide bonds. The van der Waals surface area contributed by atoms with Crippen LogP contribution in [0.2, 0.25) is 0 Å². The van der Waals surface area contributed by atoms with Crippen LogP contribution in [-0.4, -0.2) is 50.8 Å². The van der Waals surface area contributed by atoms with E-state index in [2.05, 4.69) is 45.3 Å². The van der Waals surface area contributed by atoms with Crippen molar-refractivity contribution in [1.82, 2.24) is 10.6 Å². The van der Waals surface area contributed by atoms with Crippen molar-refractivity contribution in [3.05, 3.63) is 0 Å². The summed E-state index contributed by atoms with van der Waals surface area (Å²) in [4.78, 5) is 47.7. The Morgan fingerprint density at radius 2 is 1.35 bits per heavy atom. The maximum Gasteiger partial charge on any atom is 0.315 e. The summed E-state index contributed by atoms with van der Waals surface area (Å²) in [7, 11) is 0. The van der Waals surface area contributed by atoms with E-state index < -0.39 is 29.5 Å². The van der Waals surface area contributed by atoms with Crippen LogP contribution in [0.15, 0.2) is 0 Å². The number of nitrogens with one attached hydrogen (secondary N) is 2. The molecular formula is C39H66N2O7. The highest BCUT2D eigenvalue weighted by Crippen LogP contribution is 2.68. The Bertz CT molecular complexity index is 1120. The van der Waals surface area contributed by atoms with Crippen molar-refractivity contribution in [2.45, 2.75) is 168 Å². The summed E-state index contributed by atoms with van der Waals surface area (Å²) in [6, 6.07) is -0.400. The molecule has 48 heavy (non-hydrogen) atoms. The van der Waals surface area contributed by atoms with Gasteiger partial charge in [-0.3, -0.25) is 14.4 Å². The summed E-state index contributed by atoms with van der Waals surface area (Å²) in [5.74, 6) is 2.31. The number of rotatable bonds is 17. The first-order chi connectivity index (χ1) is 22.6. The van der Waals surface area contributed by atoms with E-state index in [1.54, 1.807) is 0 Å². The van der Waals surface area contributed by atoms with Crippen LogP contribution in [0.25, 0.3) is 0 Å². The second-order valence-corrected chi connectivity index (χ2v) is 17.6. The summed E-state index contributed by atoms with van der Waals surface area (Å²) >= 11 is 0. The number of aliphatic carboxylic acids is 3. The zero-order chi connectivity index (χ0) is 35.3. The van der Waals surface area contributed by atoms with Gasteiger partial charge in [0.05, 0.1) is 0 Å². The van der Waals surface area contributed by atoms with E-state index in [0.29, 0.717) is 11.3 Å². The number of carboxylic acid groups (broad SMARTS) is 3. The molecule has 4 aliphatic carbocycles. The molecule has 9 atom stereocenters. The fourth-order valence-corrected chi connectivity index (χ4v) is 11.7. The van der Waals surface area contributed by atoms with Gasteiger partial charge in [0.1, 0.15) is 0 Å². The molecule has 0 spiro atoms. The third-order valence-electron chi connectivity index (χ3n) is 14.3. The number of carbonyl (C=O) groups excluding carboxylic acids is 1. The van der Waals surface area contributed by atoms with Crippen LogP contribution in [0, 0.1) is 52.3 Å². The second-order valence-electron chi connectivity index (χ2n) is 17.6. The van der Waals surface area contributed by atoms with Crippen LogP contribution in [0.1, 0.15) is 157 Å². The molecule has 5 N–H and O–H groups in total. The summed E-state index contributed by atoms with van der Waals surface area (Å²) in [6.45, 7) is 12.4. The normalized spacial score (nSPS) is 33.6. The van der Waals surface area contributed by atoms with Crippen LogP contribution in [0.4, 0.5) is 4.79 Å². The summed E-state index contributed by atoms with van der Waals surface area (Å²) in [5, 5.41) is 34.1. The number of amides is 2. The maximum atomic E-state index is 13.5. The molecule has 4 saturated carbocycles. The highest BCUT2D eigenvalue weighted by Gasteiger charge is 2.60. The van der Waals surface area contributed by atoms with Crippen molar-refractivity contribution in [3.63, 3.8) is 0 Å². The average molecular weight is 675 g/mol. The molecule has 0 aromatic rings. The predicted octanol–water partition coefficient (Wildman–Crippen LogP) is 8.50. The molecule has 0 unspecified atom stereocenters. The zero-order valence-corrected chi connectivity index (χ0v) is 30.5. The van der Waals surface area contributed by atoms with E-state index >= 15 is 0 Å². The predicted molar refractivity (Wildman–Crippen MR) is 186 cm³/mol. The van der Waals surface area contributed by atoms with Crippen LogP contribution in [0.5, 0.6) is 0 Å². The fourth-order valence-electron chi connectivity index (χ4n) is 11.7. The van der Waals surface area contributed by atoms with E-state index in [4.69, 9.17) is 0 Å². The molecule has 0 aliphatic heterocycles. The lowest BCUT2D eigenvalue weighted by molar-refractivity contribution is -0.139. The zero-order valence-electron chi connectivity index (χ0n) is 30.5. The van der Waals surface area contributed by atoms with Crippen molar-refractivity contribution in [1.29, 1.82) is 0 Å². The Labute approximate surface area is 289 Å². The quantitative estimate of drug-likeness (QED) is 0.104. The molecule has 4 fully saturated rings. The van der Waals surface area contributed by atoms with E-state index in [1.807, 2.05) is 0 Å². The van der Waals surface area contributed by atoms with Crippen molar-refractivity contribution >= 4 is 23.9 Å². The average Bonchev–Trinajstić information content (AvgIpc) is 3.36. The van der Waals surface area contributed by atoms with Gasteiger partial charge in [-0.05, 0) is 136 Å². The van der Waals surface area contributed by atoms with E-state index in [-0.39, 0.29) is 56.4 Å².